The molecule has 2 nitrogen and oxygen atoms in total. The molecule has 1 radical (unpaired) electrons. The molecule has 0 saturated carbocycles. The van der Waals surface area contributed by atoms with E-state index in [9.17, 15) is 0 Å². The lowest BCUT2D eigenvalue weighted by molar-refractivity contribution is -0.0501. The highest BCUT2D eigenvalue weighted by Crippen LogP contribution is 2.11. The highest BCUT2D eigenvalue weighted by molar-refractivity contribution is 4.61. The van der Waals surface area contributed by atoms with E-state index in [4.69, 9.17) is 9.47 Å². The molecule has 79 valence electrons. The van der Waals surface area contributed by atoms with Gasteiger partial charge >= 0.3 is 0 Å². The van der Waals surface area contributed by atoms with Crippen LogP contribution in [-0.4, -0.2) is 13.2 Å². The highest BCUT2D eigenvalue weighted by Gasteiger charge is 2.07. The normalized spacial score (nSPS) is 11.1. The molecule has 0 aliphatic rings. The Morgan fingerprint density at radius 2 is 1.31 bits per heavy atom. The Morgan fingerprint density at radius 3 is 1.62 bits per heavy atom. The van der Waals surface area contributed by atoms with Crippen molar-refractivity contribution in [3.05, 3.63) is 6.29 Å². The Balaban J connectivity index is 3.28. The van der Waals surface area contributed by atoms with E-state index in [0.717, 1.165) is 38.8 Å². The minimum atomic E-state index is 0.797. The molecule has 0 amide bonds. The molecule has 0 aromatic carbocycles. The van der Waals surface area contributed by atoms with Gasteiger partial charge in [0.1, 0.15) is 0 Å². The third-order valence-electron chi connectivity index (χ3n) is 1.81. The van der Waals surface area contributed by atoms with Crippen molar-refractivity contribution in [2.75, 3.05) is 13.2 Å². The van der Waals surface area contributed by atoms with Crippen molar-refractivity contribution in [3.63, 3.8) is 0 Å². The molecule has 2 heteroatoms. The van der Waals surface area contributed by atoms with Gasteiger partial charge in [-0.05, 0) is 12.8 Å². The smallest absolute Gasteiger partial charge is 0.223 e. The van der Waals surface area contributed by atoms with Gasteiger partial charge < -0.3 is 9.47 Å². The van der Waals surface area contributed by atoms with E-state index in [1.165, 1.54) is 12.8 Å². The summed E-state index contributed by atoms with van der Waals surface area (Å²) in [5, 5.41) is 0. The lowest BCUT2D eigenvalue weighted by atomic mass is 10.3. The molecular weight excluding hydrogens is 164 g/mol. The molecule has 0 fully saturated rings. The molecule has 0 aliphatic carbocycles. The number of hydrogen-bond donors (Lipinski definition) is 0. The first-order valence-electron chi connectivity index (χ1n) is 5.46. The van der Waals surface area contributed by atoms with Gasteiger partial charge in [-0.25, -0.2) is 0 Å². The minimum absolute atomic E-state index is 0.797. The zero-order chi connectivity index (χ0) is 9.94. The summed E-state index contributed by atoms with van der Waals surface area (Å²) >= 11 is 0. The van der Waals surface area contributed by atoms with Crippen LogP contribution >= 0.6 is 0 Å². The Bertz CT molecular complexity index is 84.1. The molecule has 13 heavy (non-hydrogen) atoms. The van der Waals surface area contributed by atoms with Crippen molar-refractivity contribution in [3.8, 4) is 0 Å². The third kappa shape index (κ3) is 8.26. The van der Waals surface area contributed by atoms with Crippen LogP contribution in [0.1, 0.15) is 52.9 Å². The standard InChI is InChI=1S/C11H23O2/c1-4-7-9-12-11(6-3)13-10-8-5-2/h4-10H2,1-3H3. The van der Waals surface area contributed by atoms with Gasteiger partial charge in [0.2, 0.25) is 6.29 Å². The number of unbranched alkanes of at least 4 members (excludes halogenated alkanes) is 2. The Morgan fingerprint density at radius 1 is 0.846 bits per heavy atom. The van der Waals surface area contributed by atoms with E-state index in [-0.39, 0.29) is 0 Å². The summed E-state index contributed by atoms with van der Waals surface area (Å²) in [5.74, 6) is 0. The number of ether oxygens (including phenoxy) is 2. The average molecular weight is 187 g/mol. The Kier molecular flexibility index (Phi) is 9.94. The van der Waals surface area contributed by atoms with Gasteiger partial charge in [-0.1, -0.05) is 33.6 Å². The van der Waals surface area contributed by atoms with Crippen LogP contribution in [0.2, 0.25) is 0 Å². The SMILES string of the molecule is CCCCO[C](CC)OCCCC. The quantitative estimate of drug-likeness (QED) is 0.514. The van der Waals surface area contributed by atoms with Crippen molar-refractivity contribution in [2.45, 2.75) is 52.9 Å². The van der Waals surface area contributed by atoms with Crippen LogP contribution in [0.5, 0.6) is 0 Å². The summed E-state index contributed by atoms with van der Waals surface area (Å²) in [5.41, 5.74) is 0. The van der Waals surface area contributed by atoms with Gasteiger partial charge in [-0.2, -0.15) is 0 Å². The van der Waals surface area contributed by atoms with Crippen LogP contribution < -0.4 is 0 Å². The van der Waals surface area contributed by atoms with E-state index in [1.54, 1.807) is 0 Å². The van der Waals surface area contributed by atoms with Gasteiger partial charge in [0, 0.05) is 6.42 Å². The first kappa shape index (κ1) is 12.9. The first-order valence-corrected chi connectivity index (χ1v) is 5.46. The maximum atomic E-state index is 5.47. The van der Waals surface area contributed by atoms with Crippen LogP contribution in [0.15, 0.2) is 0 Å². The molecule has 0 spiro atoms. The second-order valence-electron chi connectivity index (χ2n) is 3.13. The van der Waals surface area contributed by atoms with Gasteiger partial charge in [0.15, 0.2) is 0 Å². The first-order chi connectivity index (χ1) is 6.35. The fourth-order valence-corrected chi connectivity index (χ4v) is 0.906. The summed E-state index contributed by atoms with van der Waals surface area (Å²) in [6.07, 6.45) is 6.24. The molecule has 0 bridgehead atoms. The van der Waals surface area contributed by atoms with Crippen LogP contribution in [0.25, 0.3) is 0 Å². The topological polar surface area (TPSA) is 18.5 Å². The maximum Gasteiger partial charge on any atom is 0.223 e. The fourth-order valence-electron chi connectivity index (χ4n) is 0.906. The van der Waals surface area contributed by atoms with Crippen molar-refractivity contribution >= 4 is 0 Å². The lowest BCUT2D eigenvalue weighted by Gasteiger charge is -2.14. The number of hydrogen-bond acceptors (Lipinski definition) is 2. The monoisotopic (exact) mass is 187 g/mol. The van der Waals surface area contributed by atoms with Gasteiger partial charge in [-0.3, -0.25) is 0 Å². The molecule has 0 atom stereocenters. The van der Waals surface area contributed by atoms with Crippen LogP contribution in [0.4, 0.5) is 0 Å². The molecule has 0 heterocycles. The zero-order valence-electron chi connectivity index (χ0n) is 9.27. The molecule has 0 unspecified atom stereocenters. The predicted molar refractivity (Wildman–Crippen MR) is 55.3 cm³/mol. The third-order valence-corrected chi connectivity index (χ3v) is 1.81. The van der Waals surface area contributed by atoms with E-state index >= 15 is 0 Å². The molecular formula is C11H23O2. The summed E-state index contributed by atoms with van der Waals surface area (Å²) in [4.78, 5) is 0. The van der Waals surface area contributed by atoms with Crippen molar-refractivity contribution < 1.29 is 9.47 Å². The Labute approximate surface area is 82.6 Å². The van der Waals surface area contributed by atoms with Gasteiger partial charge in [0.25, 0.3) is 0 Å². The Hall–Kier alpha value is -0.0800. The van der Waals surface area contributed by atoms with Crippen molar-refractivity contribution in [2.24, 2.45) is 0 Å². The molecule has 0 N–H and O–H groups in total. The maximum absolute atomic E-state index is 5.47. The molecule has 0 aromatic heterocycles. The van der Waals surface area contributed by atoms with Crippen molar-refractivity contribution in [1.29, 1.82) is 0 Å². The van der Waals surface area contributed by atoms with Gasteiger partial charge in [-0.15, -0.1) is 0 Å². The van der Waals surface area contributed by atoms with Crippen LogP contribution in [0.3, 0.4) is 0 Å². The van der Waals surface area contributed by atoms with E-state index < -0.39 is 0 Å². The molecule has 0 aromatic rings. The van der Waals surface area contributed by atoms with E-state index in [0.29, 0.717) is 0 Å². The minimum Gasteiger partial charge on any atom is -0.345 e. The van der Waals surface area contributed by atoms with Crippen LogP contribution in [-0.2, 0) is 9.47 Å². The fraction of sp³-hybridized carbons (Fsp3) is 0.909. The average Bonchev–Trinajstić information content (AvgIpc) is 2.16. The largest absolute Gasteiger partial charge is 0.345 e. The summed E-state index contributed by atoms with van der Waals surface area (Å²) in [7, 11) is 0. The van der Waals surface area contributed by atoms with E-state index in [2.05, 4.69) is 20.8 Å². The predicted octanol–water partition coefficient (Wildman–Crippen LogP) is 3.52. The lowest BCUT2D eigenvalue weighted by Crippen LogP contribution is -2.09. The van der Waals surface area contributed by atoms with Gasteiger partial charge in [0.05, 0.1) is 13.2 Å². The molecule has 0 rings (SSSR count). The van der Waals surface area contributed by atoms with Crippen molar-refractivity contribution in [1.82, 2.24) is 0 Å². The second-order valence-corrected chi connectivity index (χ2v) is 3.13. The summed E-state index contributed by atoms with van der Waals surface area (Å²) in [6.45, 7) is 7.98. The second kappa shape index (κ2) is 10.0. The van der Waals surface area contributed by atoms with E-state index in [1.807, 2.05) is 0 Å². The summed E-state index contributed by atoms with van der Waals surface area (Å²) < 4.78 is 10.9. The zero-order valence-corrected chi connectivity index (χ0v) is 9.27. The highest BCUT2D eigenvalue weighted by atomic mass is 16.7. The number of rotatable bonds is 9. The summed E-state index contributed by atoms with van der Waals surface area (Å²) in [6, 6.07) is 0. The van der Waals surface area contributed by atoms with Crippen LogP contribution in [0, 0.1) is 6.29 Å². The molecule has 0 saturated heterocycles. The molecule has 0 aliphatic heterocycles.